The van der Waals surface area contributed by atoms with E-state index in [-0.39, 0.29) is 23.6 Å². The Balaban J connectivity index is 1.73. The molecule has 4 rings (SSSR count). The molecule has 1 aliphatic heterocycles. The van der Waals surface area contributed by atoms with Crippen LogP contribution in [0.2, 0.25) is 0 Å². The van der Waals surface area contributed by atoms with Crippen molar-refractivity contribution in [2.75, 3.05) is 0 Å². The summed E-state index contributed by atoms with van der Waals surface area (Å²) in [4.78, 5) is 11.7. The van der Waals surface area contributed by atoms with Gasteiger partial charge in [-0.2, -0.15) is 0 Å². The van der Waals surface area contributed by atoms with Gasteiger partial charge in [0.15, 0.2) is 0 Å². The monoisotopic (exact) mass is 318 g/mol. The lowest BCUT2D eigenvalue weighted by atomic mass is 9.42. The third-order valence-corrected chi connectivity index (χ3v) is 8.13. The van der Waals surface area contributed by atoms with Crippen molar-refractivity contribution in [3.8, 4) is 0 Å². The molecule has 7 atom stereocenters. The second-order valence-corrected chi connectivity index (χ2v) is 9.40. The zero-order valence-electron chi connectivity index (χ0n) is 14.8. The molecule has 3 heteroatoms. The van der Waals surface area contributed by atoms with E-state index < -0.39 is 0 Å². The van der Waals surface area contributed by atoms with E-state index in [1.165, 1.54) is 18.4 Å². The van der Waals surface area contributed by atoms with Crippen LogP contribution in [0.15, 0.2) is 11.6 Å². The maximum absolute atomic E-state index is 11.7. The normalized spacial score (nSPS) is 51.2. The Labute approximate surface area is 139 Å². The van der Waals surface area contributed by atoms with Gasteiger partial charge in [-0.25, -0.2) is 4.79 Å². The topological polar surface area (TPSA) is 46.5 Å². The van der Waals surface area contributed by atoms with Crippen molar-refractivity contribution in [3.05, 3.63) is 11.6 Å². The number of rotatable bonds is 0. The van der Waals surface area contributed by atoms with Crippen molar-refractivity contribution in [3.63, 3.8) is 0 Å². The molecular formula is C20H30O3. The molecule has 23 heavy (non-hydrogen) atoms. The van der Waals surface area contributed by atoms with Crippen molar-refractivity contribution in [1.82, 2.24) is 0 Å². The predicted molar refractivity (Wildman–Crippen MR) is 88.6 cm³/mol. The minimum absolute atomic E-state index is 0.0356. The third kappa shape index (κ3) is 2.01. The van der Waals surface area contributed by atoms with Gasteiger partial charge in [0.2, 0.25) is 0 Å². The number of ether oxygens (including phenoxy) is 1. The average Bonchev–Trinajstić information content (AvgIpc) is 2.85. The quantitative estimate of drug-likeness (QED) is 0.693. The van der Waals surface area contributed by atoms with Gasteiger partial charge in [0, 0.05) is 11.5 Å². The molecule has 0 spiro atoms. The van der Waals surface area contributed by atoms with E-state index in [0.717, 1.165) is 19.3 Å². The van der Waals surface area contributed by atoms with Crippen LogP contribution in [0.4, 0.5) is 0 Å². The number of hydrogen-bond donors (Lipinski definition) is 1. The minimum atomic E-state index is -0.219. The van der Waals surface area contributed by atoms with Crippen LogP contribution in [0.25, 0.3) is 0 Å². The molecule has 4 aliphatic rings. The fraction of sp³-hybridized carbons (Fsp3) is 0.850. The first kappa shape index (κ1) is 15.7. The third-order valence-electron chi connectivity index (χ3n) is 8.13. The zero-order valence-corrected chi connectivity index (χ0v) is 14.8. The van der Waals surface area contributed by atoms with Crippen molar-refractivity contribution in [1.29, 1.82) is 0 Å². The van der Waals surface area contributed by atoms with E-state index in [0.29, 0.717) is 29.1 Å². The Hall–Kier alpha value is -0.830. The number of fused-ring (bicyclic) bond motifs is 4. The number of aliphatic hydroxyl groups is 1. The van der Waals surface area contributed by atoms with Crippen LogP contribution in [0.1, 0.15) is 59.8 Å². The Morgan fingerprint density at radius 2 is 1.96 bits per heavy atom. The van der Waals surface area contributed by atoms with Gasteiger partial charge < -0.3 is 9.84 Å². The van der Waals surface area contributed by atoms with E-state index >= 15 is 0 Å². The summed E-state index contributed by atoms with van der Waals surface area (Å²) in [6.45, 7) is 9.37. The summed E-state index contributed by atoms with van der Waals surface area (Å²) in [5.41, 5.74) is 1.47. The molecule has 3 fully saturated rings. The summed E-state index contributed by atoms with van der Waals surface area (Å²) < 4.78 is 5.58. The fourth-order valence-corrected chi connectivity index (χ4v) is 6.88. The summed E-state index contributed by atoms with van der Waals surface area (Å²) in [6, 6.07) is 0. The number of carbonyl (C=O) groups excluding carboxylic acids is 1. The van der Waals surface area contributed by atoms with Gasteiger partial charge >= 0.3 is 5.97 Å². The van der Waals surface area contributed by atoms with Crippen LogP contribution in [-0.2, 0) is 9.53 Å². The van der Waals surface area contributed by atoms with Gasteiger partial charge in [-0.3, -0.25) is 0 Å². The van der Waals surface area contributed by atoms with Gasteiger partial charge in [-0.15, -0.1) is 0 Å². The molecule has 0 amide bonds. The molecule has 128 valence electrons. The standard InChI is InChI=1S/C20H30O3/c1-11-12-5-6-16-19(2,3)8-7-17(21)20(16,4)14(12)10-15-13(11)9-18(22)23-15/h9,11-12,14-17,21H,5-8,10H2,1-4H3/t11-,12+,14-,15-,16-,17+,20-/m1/s1. The smallest absolute Gasteiger partial charge is 0.331 e. The highest BCUT2D eigenvalue weighted by Crippen LogP contribution is 2.65. The van der Waals surface area contributed by atoms with Crippen molar-refractivity contribution in [2.24, 2.45) is 34.5 Å². The Morgan fingerprint density at radius 3 is 2.70 bits per heavy atom. The first-order chi connectivity index (χ1) is 10.7. The number of carbonyl (C=O) groups is 1. The second kappa shape index (κ2) is 4.84. The highest BCUT2D eigenvalue weighted by atomic mass is 16.5. The lowest BCUT2D eigenvalue weighted by Crippen LogP contribution is -2.60. The van der Waals surface area contributed by atoms with Crippen LogP contribution in [0.5, 0.6) is 0 Å². The largest absolute Gasteiger partial charge is 0.455 e. The maximum atomic E-state index is 11.7. The zero-order chi connectivity index (χ0) is 16.6. The summed E-state index contributed by atoms with van der Waals surface area (Å²) in [5, 5.41) is 11.0. The molecule has 1 heterocycles. The molecule has 1 N–H and O–H groups in total. The van der Waals surface area contributed by atoms with Gasteiger partial charge in [0.1, 0.15) is 6.10 Å². The SMILES string of the molecule is C[C@H]1C2=CC(=O)O[C@@H]2C[C@@H]2[C@H]1CC[C@@H]1C(C)(C)CC[C@H](O)[C@]21C. The summed E-state index contributed by atoms with van der Waals surface area (Å²) in [5.74, 6) is 1.84. The Kier molecular flexibility index (Phi) is 3.30. The first-order valence-corrected chi connectivity index (χ1v) is 9.35. The number of hydrogen-bond acceptors (Lipinski definition) is 3. The van der Waals surface area contributed by atoms with Crippen LogP contribution < -0.4 is 0 Å². The predicted octanol–water partition coefficient (Wildman–Crippen LogP) is 3.71. The lowest BCUT2D eigenvalue weighted by Gasteiger charge is -2.63. The number of aliphatic hydroxyl groups excluding tert-OH is 1. The summed E-state index contributed by atoms with van der Waals surface area (Å²) in [7, 11) is 0. The Morgan fingerprint density at radius 1 is 1.22 bits per heavy atom. The molecule has 3 nitrogen and oxygen atoms in total. The van der Waals surface area contributed by atoms with Crippen LogP contribution in [0.3, 0.4) is 0 Å². The van der Waals surface area contributed by atoms with Gasteiger partial charge in [-0.1, -0.05) is 27.7 Å². The van der Waals surface area contributed by atoms with Crippen molar-refractivity contribution < 1.29 is 14.6 Å². The van der Waals surface area contributed by atoms with E-state index in [4.69, 9.17) is 4.74 Å². The van der Waals surface area contributed by atoms with Crippen LogP contribution in [0, 0.1) is 34.5 Å². The van der Waals surface area contributed by atoms with Gasteiger partial charge in [-0.05, 0) is 66.8 Å². The van der Waals surface area contributed by atoms with Crippen LogP contribution in [-0.4, -0.2) is 23.3 Å². The van der Waals surface area contributed by atoms with Crippen molar-refractivity contribution >= 4 is 5.97 Å². The molecule has 0 unspecified atom stereocenters. The lowest BCUT2D eigenvalue weighted by molar-refractivity contribution is -0.186. The van der Waals surface area contributed by atoms with E-state index in [2.05, 4.69) is 27.7 Å². The molecule has 0 aromatic carbocycles. The van der Waals surface area contributed by atoms with Gasteiger partial charge in [0.25, 0.3) is 0 Å². The second-order valence-electron chi connectivity index (χ2n) is 9.40. The average molecular weight is 318 g/mol. The van der Waals surface area contributed by atoms with Gasteiger partial charge in [0.05, 0.1) is 6.10 Å². The van der Waals surface area contributed by atoms with E-state index in [9.17, 15) is 9.90 Å². The van der Waals surface area contributed by atoms with Crippen molar-refractivity contribution in [2.45, 2.75) is 72.0 Å². The molecule has 3 aliphatic carbocycles. The number of esters is 1. The van der Waals surface area contributed by atoms with Crippen LogP contribution >= 0.6 is 0 Å². The fourth-order valence-electron chi connectivity index (χ4n) is 6.88. The summed E-state index contributed by atoms with van der Waals surface area (Å²) in [6.07, 6.45) is 6.85. The maximum Gasteiger partial charge on any atom is 0.331 e. The molecular weight excluding hydrogens is 288 g/mol. The highest BCUT2D eigenvalue weighted by molar-refractivity contribution is 5.86. The summed E-state index contributed by atoms with van der Waals surface area (Å²) >= 11 is 0. The molecule has 0 saturated heterocycles. The molecule has 0 aromatic heterocycles. The molecule has 0 radical (unpaired) electrons. The molecule has 0 aromatic rings. The highest BCUT2D eigenvalue weighted by Gasteiger charge is 2.61. The first-order valence-electron chi connectivity index (χ1n) is 9.35. The minimum Gasteiger partial charge on any atom is -0.455 e. The molecule has 0 bridgehead atoms. The Bertz CT molecular complexity index is 563. The molecule has 3 saturated carbocycles. The van der Waals surface area contributed by atoms with E-state index in [1.54, 1.807) is 6.08 Å². The van der Waals surface area contributed by atoms with E-state index in [1.807, 2.05) is 0 Å².